The Morgan fingerprint density at radius 1 is 1.45 bits per heavy atom. The van der Waals surface area contributed by atoms with Crippen LogP contribution >= 0.6 is 23.4 Å². The van der Waals surface area contributed by atoms with Gasteiger partial charge in [-0.25, -0.2) is 9.18 Å². The molecular formula is C11H5ClFNO5S. The number of furan rings is 1. The summed E-state index contributed by atoms with van der Waals surface area (Å²) in [5.74, 6) is -2.40. The van der Waals surface area contributed by atoms with Crippen molar-refractivity contribution in [1.82, 2.24) is 0 Å². The van der Waals surface area contributed by atoms with Gasteiger partial charge in [-0.1, -0.05) is 11.6 Å². The molecule has 0 saturated carbocycles. The van der Waals surface area contributed by atoms with E-state index in [4.69, 9.17) is 21.1 Å². The number of carbonyl (C=O) groups is 1. The van der Waals surface area contributed by atoms with Gasteiger partial charge >= 0.3 is 5.97 Å². The summed E-state index contributed by atoms with van der Waals surface area (Å²) in [6, 6.07) is 4.31. The number of carboxylic acid groups (broad SMARTS) is 1. The molecule has 6 nitrogen and oxygen atoms in total. The molecule has 0 aliphatic carbocycles. The number of benzene rings is 1. The summed E-state index contributed by atoms with van der Waals surface area (Å²) >= 11 is 6.22. The minimum Gasteiger partial charge on any atom is -0.475 e. The van der Waals surface area contributed by atoms with E-state index in [2.05, 4.69) is 0 Å². The molecule has 20 heavy (non-hydrogen) atoms. The Labute approximate surface area is 120 Å². The monoisotopic (exact) mass is 317 g/mol. The highest BCUT2D eigenvalue weighted by Gasteiger charge is 2.20. The normalized spacial score (nSPS) is 10.5. The van der Waals surface area contributed by atoms with Crippen LogP contribution in [0, 0.1) is 15.9 Å². The van der Waals surface area contributed by atoms with Crippen molar-refractivity contribution in [2.75, 3.05) is 0 Å². The minimum absolute atomic E-state index is 0.0387. The van der Waals surface area contributed by atoms with Gasteiger partial charge in [0.05, 0.1) is 14.8 Å². The Balaban J connectivity index is 2.39. The molecule has 1 N–H and O–H groups in total. The van der Waals surface area contributed by atoms with E-state index in [-0.39, 0.29) is 20.8 Å². The third-order valence-corrected chi connectivity index (χ3v) is 3.46. The van der Waals surface area contributed by atoms with E-state index in [9.17, 15) is 19.3 Å². The lowest BCUT2D eigenvalue weighted by Gasteiger charge is -2.02. The molecule has 1 aromatic heterocycles. The van der Waals surface area contributed by atoms with Gasteiger partial charge in [-0.3, -0.25) is 10.1 Å². The molecule has 0 aliphatic heterocycles. The van der Waals surface area contributed by atoms with Crippen molar-refractivity contribution in [2.45, 2.75) is 9.99 Å². The molecule has 104 valence electrons. The molecule has 0 unspecified atom stereocenters. The van der Waals surface area contributed by atoms with Crippen LogP contribution in [0.25, 0.3) is 0 Å². The molecule has 0 aliphatic rings. The molecule has 0 saturated heterocycles. The van der Waals surface area contributed by atoms with Gasteiger partial charge in [0.1, 0.15) is 5.82 Å². The zero-order valence-corrected chi connectivity index (χ0v) is 11.1. The van der Waals surface area contributed by atoms with Crippen LogP contribution in [-0.4, -0.2) is 16.0 Å². The average Bonchev–Trinajstić information content (AvgIpc) is 2.82. The van der Waals surface area contributed by atoms with E-state index in [0.29, 0.717) is 0 Å². The van der Waals surface area contributed by atoms with E-state index in [1.54, 1.807) is 0 Å². The maximum absolute atomic E-state index is 13.4. The van der Waals surface area contributed by atoms with E-state index in [0.717, 1.165) is 23.9 Å². The second-order valence-electron chi connectivity index (χ2n) is 3.52. The third kappa shape index (κ3) is 2.91. The van der Waals surface area contributed by atoms with E-state index < -0.39 is 22.4 Å². The van der Waals surface area contributed by atoms with Crippen molar-refractivity contribution >= 4 is 35.0 Å². The SMILES string of the molecule is O=C(O)c1ccc(Sc2cc(F)c(Cl)cc2[N+](=O)[O-])o1. The maximum atomic E-state index is 13.4. The van der Waals surface area contributed by atoms with Gasteiger partial charge in [0.15, 0.2) is 5.09 Å². The largest absolute Gasteiger partial charge is 0.475 e. The van der Waals surface area contributed by atoms with Gasteiger partial charge in [-0.2, -0.15) is 0 Å². The lowest BCUT2D eigenvalue weighted by molar-refractivity contribution is -0.387. The summed E-state index contributed by atoms with van der Waals surface area (Å²) in [7, 11) is 0. The highest BCUT2D eigenvalue weighted by atomic mass is 35.5. The zero-order valence-electron chi connectivity index (χ0n) is 9.50. The molecule has 0 spiro atoms. The first-order valence-corrected chi connectivity index (χ1v) is 6.22. The lowest BCUT2D eigenvalue weighted by atomic mass is 10.3. The fourth-order valence-corrected chi connectivity index (χ4v) is 2.38. The fraction of sp³-hybridized carbons (Fsp3) is 0. The molecule has 0 amide bonds. The van der Waals surface area contributed by atoms with E-state index >= 15 is 0 Å². The first-order chi connectivity index (χ1) is 9.38. The van der Waals surface area contributed by atoms with Gasteiger partial charge in [0.2, 0.25) is 5.76 Å². The van der Waals surface area contributed by atoms with Gasteiger partial charge in [0.25, 0.3) is 5.69 Å². The van der Waals surface area contributed by atoms with Crippen molar-refractivity contribution < 1.29 is 23.6 Å². The van der Waals surface area contributed by atoms with Crippen LogP contribution in [0.15, 0.2) is 38.7 Å². The Hall–Kier alpha value is -2.06. The summed E-state index contributed by atoms with van der Waals surface area (Å²) in [5, 5.41) is 19.3. The van der Waals surface area contributed by atoms with Gasteiger partial charge in [0, 0.05) is 6.07 Å². The number of hydrogen-bond donors (Lipinski definition) is 1. The van der Waals surface area contributed by atoms with Crippen molar-refractivity contribution in [1.29, 1.82) is 0 Å². The number of nitrogens with zero attached hydrogens (tertiary/aromatic N) is 1. The first kappa shape index (κ1) is 14.4. The summed E-state index contributed by atoms with van der Waals surface area (Å²) in [4.78, 5) is 20.8. The molecule has 1 heterocycles. The number of nitro benzene ring substituents is 1. The molecule has 2 aromatic rings. The lowest BCUT2D eigenvalue weighted by Crippen LogP contribution is -1.93. The smallest absolute Gasteiger partial charge is 0.371 e. The predicted molar refractivity (Wildman–Crippen MR) is 67.9 cm³/mol. The van der Waals surface area contributed by atoms with E-state index in [1.807, 2.05) is 0 Å². The number of hydrogen-bond acceptors (Lipinski definition) is 5. The third-order valence-electron chi connectivity index (χ3n) is 2.20. The Morgan fingerprint density at radius 3 is 2.70 bits per heavy atom. The molecule has 0 atom stereocenters. The van der Waals surface area contributed by atoms with Crippen LogP contribution in [-0.2, 0) is 0 Å². The van der Waals surface area contributed by atoms with Crippen LogP contribution in [0.2, 0.25) is 5.02 Å². The summed E-state index contributed by atoms with van der Waals surface area (Å²) < 4.78 is 18.3. The highest BCUT2D eigenvalue weighted by Crippen LogP contribution is 2.38. The molecule has 9 heteroatoms. The highest BCUT2D eigenvalue weighted by molar-refractivity contribution is 7.99. The van der Waals surface area contributed by atoms with Gasteiger partial charge < -0.3 is 9.52 Å². The Bertz CT molecular complexity index is 702. The molecule has 1 aromatic carbocycles. The van der Waals surface area contributed by atoms with Crippen LogP contribution in [0.5, 0.6) is 0 Å². The van der Waals surface area contributed by atoms with Crippen molar-refractivity contribution in [3.63, 3.8) is 0 Å². The van der Waals surface area contributed by atoms with Crippen molar-refractivity contribution in [2.24, 2.45) is 0 Å². The number of halogens is 2. The second-order valence-corrected chi connectivity index (χ2v) is 4.97. The molecule has 0 radical (unpaired) electrons. The molecule has 2 rings (SSSR count). The molecule has 0 fully saturated rings. The number of carboxylic acids is 1. The van der Waals surface area contributed by atoms with Crippen molar-refractivity contribution in [3.8, 4) is 0 Å². The topological polar surface area (TPSA) is 93.6 Å². The molecular weight excluding hydrogens is 313 g/mol. The summed E-state index contributed by atoms with van der Waals surface area (Å²) in [6.07, 6.45) is 0. The predicted octanol–water partition coefficient (Wildman–Crippen LogP) is 3.83. The standard InChI is InChI=1S/C11H5ClFNO5S/c12-5-3-7(14(17)18)9(4-6(5)13)20-10-2-1-8(19-10)11(15)16/h1-4H,(H,15,16). The quantitative estimate of drug-likeness (QED) is 0.680. The molecule has 0 bridgehead atoms. The van der Waals surface area contributed by atoms with Crippen LogP contribution in [0.3, 0.4) is 0 Å². The summed E-state index contributed by atoms with van der Waals surface area (Å²) in [5.41, 5.74) is -0.394. The van der Waals surface area contributed by atoms with Crippen LogP contribution in [0.4, 0.5) is 10.1 Å². The number of rotatable bonds is 4. The minimum atomic E-state index is -1.27. The number of aromatic carboxylic acids is 1. The zero-order chi connectivity index (χ0) is 14.9. The summed E-state index contributed by atoms with van der Waals surface area (Å²) in [6.45, 7) is 0. The first-order valence-electron chi connectivity index (χ1n) is 5.03. The Morgan fingerprint density at radius 2 is 2.15 bits per heavy atom. The fourth-order valence-electron chi connectivity index (χ4n) is 1.34. The van der Waals surface area contributed by atoms with Gasteiger partial charge in [-0.15, -0.1) is 0 Å². The van der Waals surface area contributed by atoms with Crippen LogP contribution < -0.4 is 0 Å². The maximum Gasteiger partial charge on any atom is 0.371 e. The van der Waals surface area contributed by atoms with Gasteiger partial charge in [-0.05, 0) is 30.0 Å². The number of nitro groups is 1. The Kier molecular flexibility index (Phi) is 3.96. The van der Waals surface area contributed by atoms with E-state index in [1.165, 1.54) is 12.1 Å². The van der Waals surface area contributed by atoms with Crippen LogP contribution in [0.1, 0.15) is 10.6 Å². The average molecular weight is 318 g/mol. The van der Waals surface area contributed by atoms with Crippen molar-refractivity contribution in [3.05, 3.63) is 51.0 Å². The second kappa shape index (κ2) is 5.51.